The van der Waals surface area contributed by atoms with Crippen molar-refractivity contribution >= 4 is 50.2 Å². The Morgan fingerprint density at radius 3 is 2.73 bits per heavy atom. The third kappa shape index (κ3) is 2.45. The van der Waals surface area contributed by atoms with Crippen LogP contribution in [0, 0.1) is 0 Å². The van der Waals surface area contributed by atoms with Gasteiger partial charge in [-0.15, -0.1) is 22.7 Å². The van der Waals surface area contributed by atoms with Gasteiger partial charge in [0.2, 0.25) is 0 Å². The Morgan fingerprint density at radius 1 is 1.47 bits per heavy atom. The van der Waals surface area contributed by atoms with Gasteiger partial charge in [0.05, 0.1) is 11.1 Å². The maximum absolute atomic E-state index is 6.13. The Hall–Kier alpha value is 0.130. The molecule has 1 unspecified atom stereocenters. The maximum Gasteiger partial charge on any atom is 0.0777 e. The first-order valence-corrected chi connectivity index (χ1v) is 7.29. The van der Waals surface area contributed by atoms with Gasteiger partial charge in [0.15, 0.2) is 0 Å². The van der Waals surface area contributed by atoms with Crippen LogP contribution in [0.4, 0.5) is 0 Å². The molecule has 0 spiro atoms. The fourth-order valence-corrected chi connectivity index (χ4v) is 4.32. The molecule has 0 radical (unpaired) electrons. The Bertz CT molecular complexity index is 452. The minimum atomic E-state index is 0.203. The minimum Gasteiger partial charge on any atom is -0.308 e. The van der Waals surface area contributed by atoms with Gasteiger partial charge in [0.1, 0.15) is 0 Å². The van der Waals surface area contributed by atoms with E-state index < -0.39 is 0 Å². The second-order valence-corrected chi connectivity index (χ2v) is 6.24. The van der Waals surface area contributed by atoms with Crippen molar-refractivity contribution < 1.29 is 0 Å². The largest absolute Gasteiger partial charge is 0.308 e. The van der Waals surface area contributed by atoms with Crippen LogP contribution >= 0.6 is 50.2 Å². The van der Waals surface area contributed by atoms with E-state index in [1.54, 1.807) is 22.7 Å². The van der Waals surface area contributed by atoms with Gasteiger partial charge in [-0.3, -0.25) is 0 Å². The molecule has 0 amide bonds. The summed E-state index contributed by atoms with van der Waals surface area (Å²) < 4.78 is 1.12. The highest BCUT2D eigenvalue weighted by molar-refractivity contribution is 9.10. The van der Waals surface area contributed by atoms with E-state index in [1.165, 1.54) is 9.75 Å². The molecule has 0 saturated carbocycles. The molecule has 2 aromatic rings. The van der Waals surface area contributed by atoms with E-state index in [4.69, 9.17) is 11.6 Å². The molecular weight excluding hydrogens is 314 g/mol. The minimum absolute atomic E-state index is 0.203. The first kappa shape index (κ1) is 11.6. The highest BCUT2D eigenvalue weighted by Crippen LogP contribution is 2.36. The summed E-state index contributed by atoms with van der Waals surface area (Å²) in [6.45, 7) is 0. The molecule has 2 aromatic heterocycles. The van der Waals surface area contributed by atoms with Crippen LogP contribution < -0.4 is 5.32 Å². The quantitative estimate of drug-likeness (QED) is 0.875. The highest BCUT2D eigenvalue weighted by Gasteiger charge is 2.17. The van der Waals surface area contributed by atoms with E-state index in [2.05, 4.69) is 32.7 Å². The zero-order valence-electron chi connectivity index (χ0n) is 7.96. The van der Waals surface area contributed by atoms with Crippen LogP contribution in [0.3, 0.4) is 0 Å². The molecule has 5 heteroatoms. The molecule has 1 atom stereocenters. The molecule has 2 rings (SSSR count). The summed E-state index contributed by atoms with van der Waals surface area (Å²) in [6.07, 6.45) is 0. The summed E-state index contributed by atoms with van der Waals surface area (Å²) in [7, 11) is 1.95. The second-order valence-electron chi connectivity index (χ2n) is 3.02. The maximum atomic E-state index is 6.13. The zero-order valence-corrected chi connectivity index (χ0v) is 11.9. The number of rotatable bonds is 3. The summed E-state index contributed by atoms with van der Waals surface area (Å²) in [5.74, 6) is 0. The van der Waals surface area contributed by atoms with Crippen molar-refractivity contribution in [2.24, 2.45) is 0 Å². The van der Waals surface area contributed by atoms with Gasteiger partial charge in [0.25, 0.3) is 0 Å². The monoisotopic (exact) mass is 321 g/mol. The van der Waals surface area contributed by atoms with Gasteiger partial charge in [-0.05, 0) is 40.5 Å². The Balaban J connectivity index is 2.36. The first-order valence-electron chi connectivity index (χ1n) is 4.36. The lowest BCUT2D eigenvalue weighted by atomic mass is 10.2. The Morgan fingerprint density at radius 2 is 2.27 bits per heavy atom. The molecule has 0 fully saturated rings. The number of halogens is 2. The molecule has 0 aliphatic carbocycles. The van der Waals surface area contributed by atoms with E-state index >= 15 is 0 Å². The van der Waals surface area contributed by atoms with Crippen molar-refractivity contribution in [1.82, 2.24) is 5.32 Å². The summed E-state index contributed by atoms with van der Waals surface area (Å²) >= 11 is 13.0. The van der Waals surface area contributed by atoms with E-state index in [-0.39, 0.29) is 6.04 Å². The van der Waals surface area contributed by atoms with Gasteiger partial charge in [-0.25, -0.2) is 0 Å². The average molecular weight is 323 g/mol. The fraction of sp³-hybridized carbons (Fsp3) is 0.200. The molecule has 15 heavy (non-hydrogen) atoms. The van der Waals surface area contributed by atoms with Crippen molar-refractivity contribution in [3.05, 3.63) is 42.1 Å². The van der Waals surface area contributed by atoms with Crippen LogP contribution in [0.15, 0.2) is 27.4 Å². The molecule has 0 bridgehead atoms. The number of hydrogen-bond acceptors (Lipinski definition) is 3. The van der Waals surface area contributed by atoms with Crippen molar-refractivity contribution in [1.29, 1.82) is 0 Å². The van der Waals surface area contributed by atoms with E-state index in [0.717, 1.165) is 9.50 Å². The van der Waals surface area contributed by atoms with Gasteiger partial charge in [-0.1, -0.05) is 11.6 Å². The summed E-state index contributed by atoms with van der Waals surface area (Å²) in [6, 6.07) is 4.27. The predicted octanol–water partition coefficient (Wildman–Crippen LogP) is 4.53. The van der Waals surface area contributed by atoms with Crippen molar-refractivity contribution in [2.45, 2.75) is 6.04 Å². The number of hydrogen-bond donors (Lipinski definition) is 1. The molecular formula is C10H9BrClNS2. The third-order valence-electron chi connectivity index (χ3n) is 2.07. The smallest absolute Gasteiger partial charge is 0.0777 e. The standard InChI is InChI=1S/C10H9BrClNS2/c1-13-9(8-4-6(11)5-15-8)10-7(12)2-3-14-10/h2-5,9,13H,1H3. The van der Waals surface area contributed by atoms with Crippen LogP contribution in [0.25, 0.3) is 0 Å². The van der Waals surface area contributed by atoms with Crippen molar-refractivity contribution in [2.75, 3.05) is 7.05 Å². The zero-order chi connectivity index (χ0) is 10.8. The van der Waals surface area contributed by atoms with Gasteiger partial charge < -0.3 is 5.32 Å². The number of nitrogens with one attached hydrogen (secondary N) is 1. The lowest BCUT2D eigenvalue weighted by Crippen LogP contribution is -2.15. The molecule has 2 heterocycles. The topological polar surface area (TPSA) is 12.0 Å². The first-order chi connectivity index (χ1) is 7.22. The van der Waals surface area contributed by atoms with E-state index in [9.17, 15) is 0 Å². The summed E-state index contributed by atoms with van der Waals surface area (Å²) in [5.41, 5.74) is 0. The molecule has 0 aliphatic rings. The molecule has 1 nitrogen and oxygen atoms in total. The fourth-order valence-electron chi connectivity index (χ4n) is 1.39. The SMILES string of the molecule is CNC(c1cc(Br)cs1)c1sccc1Cl. The molecule has 0 aromatic carbocycles. The van der Waals surface area contributed by atoms with E-state index in [1.807, 2.05) is 18.5 Å². The van der Waals surface area contributed by atoms with Crippen LogP contribution in [0.5, 0.6) is 0 Å². The van der Waals surface area contributed by atoms with Crippen LogP contribution in [-0.2, 0) is 0 Å². The van der Waals surface area contributed by atoms with Crippen LogP contribution in [0.1, 0.15) is 15.8 Å². The summed E-state index contributed by atoms with van der Waals surface area (Å²) in [4.78, 5) is 2.45. The van der Waals surface area contributed by atoms with Gasteiger partial charge in [-0.2, -0.15) is 0 Å². The normalized spacial score (nSPS) is 13.0. The lowest BCUT2D eigenvalue weighted by Gasteiger charge is -2.12. The molecule has 0 saturated heterocycles. The van der Waals surface area contributed by atoms with Gasteiger partial charge in [0, 0.05) is 19.6 Å². The Kier molecular flexibility index (Phi) is 3.85. The highest BCUT2D eigenvalue weighted by atomic mass is 79.9. The predicted molar refractivity (Wildman–Crippen MR) is 72.3 cm³/mol. The Labute approximate surface area is 110 Å². The van der Waals surface area contributed by atoms with Crippen molar-refractivity contribution in [3.8, 4) is 0 Å². The van der Waals surface area contributed by atoms with E-state index in [0.29, 0.717) is 0 Å². The second kappa shape index (κ2) is 4.97. The van der Waals surface area contributed by atoms with Gasteiger partial charge >= 0.3 is 0 Å². The number of thiophene rings is 2. The van der Waals surface area contributed by atoms with Crippen LogP contribution in [-0.4, -0.2) is 7.05 Å². The third-order valence-corrected chi connectivity index (χ3v) is 5.25. The molecule has 80 valence electrons. The lowest BCUT2D eigenvalue weighted by molar-refractivity contribution is 0.716. The molecule has 1 N–H and O–H groups in total. The van der Waals surface area contributed by atoms with Crippen LogP contribution in [0.2, 0.25) is 5.02 Å². The van der Waals surface area contributed by atoms with Crippen molar-refractivity contribution in [3.63, 3.8) is 0 Å². The molecule has 0 aliphatic heterocycles. The summed E-state index contributed by atoms with van der Waals surface area (Å²) in [5, 5.41) is 8.23. The average Bonchev–Trinajstić information content (AvgIpc) is 2.79.